The normalized spacial score (nSPS) is 27.0. The lowest BCUT2D eigenvalue weighted by atomic mass is 10.1. The van der Waals surface area contributed by atoms with E-state index in [0.29, 0.717) is 13.2 Å². The standard InChI is InChI=1S/C16H22N2O2/c1-11-3-4-13(5-12(11)2)6-18-7-14-9-20-10-15(8-18)17-16(14)19/h3-5,14-15H,6-10H2,1-2H3,(H,17,19)/t14-,15+/m1/s1. The Kier molecular flexibility index (Phi) is 3.76. The van der Waals surface area contributed by atoms with Gasteiger partial charge in [-0.1, -0.05) is 18.2 Å². The minimum Gasteiger partial charge on any atom is -0.378 e. The molecule has 4 heteroatoms. The van der Waals surface area contributed by atoms with Crippen LogP contribution in [0.25, 0.3) is 0 Å². The lowest BCUT2D eigenvalue weighted by Gasteiger charge is -2.27. The Morgan fingerprint density at radius 3 is 2.90 bits per heavy atom. The number of carbonyl (C=O) groups excluding carboxylic acids is 1. The number of rotatable bonds is 2. The summed E-state index contributed by atoms with van der Waals surface area (Å²) >= 11 is 0. The van der Waals surface area contributed by atoms with Crippen LogP contribution in [-0.2, 0) is 16.1 Å². The predicted octanol–water partition coefficient (Wildman–Crippen LogP) is 1.25. The first-order valence-electron chi connectivity index (χ1n) is 7.28. The highest BCUT2D eigenvalue weighted by atomic mass is 16.5. The van der Waals surface area contributed by atoms with Crippen LogP contribution in [0.5, 0.6) is 0 Å². The first kappa shape index (κ1) is 13.6. The van der Waals surface area contributed by atoms with Crippen LogP contribution in [0.1, 0.15) is 16.7 Å². The number of aryl methyl sites for hydroxylation is 2. The Hall–Kier alpha value is -1.39. The topological polar surface area (TPSA) is 41.6 Å². The van der Waals surface area contributed by atoms with Crippen LogP contribution in [-0.4, -0.2) is 43.2 Å². The summed E-state index contributed by atoms with van der Waals surface area (Å²) in [5, 5.41) is 3.07. The zero-order valence-corrected chi connectivity index (χ0v) is 12.2. The third-order valence-electron chi connectivity index (χ3n) is 4.29. The molecule has 2 heterocycles. The number of amides is 1. The summed E-state index contributed by atoms with van der Waals surface area (Å²) in [5.74, 6) is 0.115. The molecule has 2 aliphatic rings. The van der Waals surface area contributed by atoms with Crippen molar-refractivity contribution in [1.29, 1.82) is 0 Å². The van der Waals surface area contributed by atoms with Crippen molar-refractivity contribution in [3.05, 3.63) is 34.9 Å². The van der Waals surface area contributed by atoms with Gasteiger partial charge < -0.3 is 10.1 Å². The van der Waals surface area contributed by atoms with Gasteiger partial charge in [0.15, 0.2) is 0 Å². The SMILES string of the molecule is Cc1ccc(CN2C[C@H]3COC[C@@H](C2)C(=O)N3)cc1C. The van der Waals surface area contributed by atoms with Gasteiger partial charge in [-0.15, -0.1) is 0 Å². The van der Waals surface area contributed by atoms with E-state index in [-0.39, 0.29) is 17.9 Å². The average Bonchev–Trinajstić information content (AvgIpc) is 2.63. The second kappa shape index (κ2) is 5.54. The van der Waals surface area contributed by atoms with Gasteiger partial charge in [0.1, 0.15) is 0 Å². The molecule has 1 aromatic rings. The van der Waals surface area contributed by atoms with Crippen LogP contribution in [0.2, 0.25) is 0 Å². The molecule has 0 aliphatic carbocycles. The predicted molar refractivity (Wildman–Crippen MR) is 77.4 cm³/mol. The van der Waals surface area contributed by atoms with E-state index in [1.807, 2.05) is 0 Å². The Labute approximate surface area is 120 Å². The summed E-state index contributed by atoms with van der Waals surface area (Å²) in [7, 11) is 0. The molecule has 0 saturated carbocycles. The number of nitrogens with zero attached hydrogens (tertiary/aromatic N) is 1. The number of hydrogen-bond donors (Lipinski definition) is 1. The Bertz CT molecular complexity index is 515. The summed E-state index contributed by atoms with van der Waals surface area (Å²) in [6, 6.07) is 6.74. The van der Waals surface area contributed by atoms with Crippen molar-refractivity contribution in [3.63, 3.8) is 0 Å². The van der Waals surface area contributed by atoms with Crippen LogP contribution in [0, 0.1) is 19.8 Å². The van der Waals surface area contributed by atoms with Crippen molar-refractivity contribution >= 4 is 5.91 Å². The number of nitrogens with one attached hydrogen (secondary N) is 1. The monoisotopic (exact) mass is 274 g/mol. The van der Waals surface area contributed by atoms with Gasteiger partial charge in [-0.3, -0.25) is 9.69 Å². The van der Waals surface area contributed by atoms with Gasteiger partial charge in [0.2, 0.25) is 5.91 Å². The first-order valence-corrected chi connectivity index (χ1v) is 7.28. The molecule has 108 valence electrons. The lowest BCUT2D eigenvalue weighted by molar-refractivity contribution is -0.125. The van der Waals surface area contributed by atoms with Gasteiger partial charge in [0, 0.05) is 19.6 Å². The zero-order chi connectivity index (χ0) is 14.1. The molecular weight excluding hydrogens is 252 g/mol. The van der Waals surface area contributed by atoms with E-state index in [2.05, 4.69) is 42.3 Å². The summed E-state index contributed by atoms with van der Waals surface area (Å²) in [6.07, 6.45) is 0. The molecule has 4 nitrogen and oxygen atoms in total. The molecule has 0 radical (unpaired) electrons. The number of carbonyl (C=O) groups is 1. The molecule has 3 rings (SSSR count). The van der Waals surface area contributed by atoms with Gasteiger partial charge in [0.05, 0.1) is 25.2 Å². The fraction of sp³-hybridized carbons (Fsp3) is 0.562. The largest absolute Gasteiger partial charge is 0.378 e. The van der Waals surface area contributed by atoms with Crippen molar-refractivity contribution in [1.82, 2.24) is 10.2 Å². The maximum Gasteiger partial charge on any atom is 0.227 e. The van der Waals surface area contributed by atoms with Crippen molar-refractivity contribution in [3.8, 4) is 0 Å². The van der Waals surface area contributed by atoms with Crippen LogP contribution >= 0.6 is 0 Å². The van der Waals surface area contributed by atoms with Crippen molar-refractivity contribution in [2.45, 2.75) is 26.4 Å². The molecular formula is C16H22N2O2. The van der Waals surface area contributed by atoms with Gasteiger partial charge >= 0.3 is 0 Å². The number of benzene rings is 1. The molecule has 20 heavy (non-hydrogen) atoms. The van der Waals surface area contributed by atoms with Gasteiger partial charge in [-0.2, -0.15) is 0 Å². The summed E-state index contributed by atoms with van der Waals surface area (Å²) in [4.78, 5) is 14.3. The molecule has 1 amide bonds. The number of hydrogen-bond acceptors (Lipinski definition) is 3. The van der Waals surface area contributed by atoms with E-state index in [1.54, 1.807) is 0 Å². The van der Waals surface area contributed by atoms with Crippen LogP contribution < -0.4 is 5.32 Å². The highest BCUT2D eigenvalue weighted by Crippen LogP contribution is 2.17. The van der Waals surface area contributed by atoms with E-state index >= 15 is 0 Å². The fourth-order valence-electron chi connectivity index (χ4n) is 3.01. The molecule has 0 spiro atoms. The quantitative estimate of drug-likeness (QED) is 0.882. The highest BCUT2D eigenvalue weighted by molar-refractivity contribution is 5.79. The first-order chi connectivity index (χ1) is 9.61. The lowest BCUT2D eigenvalue weighted by Crippen LogP contribution is -2.41. The van der Waals surface area contributed by atoms with Crippen LogP contribution in [0.4, 0.5) is 0 Å². The second-order valence-corrected chi connectivity index (χ2v) is 6.05. The number of ether oxygens (including phenoxy) is 1. The van der Waals surface area contributed by atoms with Crippen molar-refractivity contribution in [2.75, 3.05) is 26.3 Å². The molecule has 0 aromatic heterocycles. The molecule has 1 N–H and O–H groups in total. The van der Waals surface area contributed by atoms with E-state index in [0.717, 1.165) is 19.6 Å². The van der Waals surface area contributed by atoms with E-state index in [1.165, 1.54) is 16.7 Å². The molecule has 2 atom stereocenters. The van der Waals surface area contributed by atoms with Crippen LogP contribution in [0.15, 0.2) is 18.2 Å². The maximum absolute atomic E-state index is 12.0. The molecule has 0 unspecified atom stereocenters. The maximum atomic E-state index is 12.0. The molecule has 2 bridgehead atoms. The second-order valence-electron chi connectivity index (χ2n) is 6.05. The summed E-state index contributed by atoms with van der Waals surface area (Å²) in [6.45, 7) is 8.02. The smallest absolute Gasteiger partial charge is 0.227 e. The van der Waals surface area contributed by atoms with Crippen LogP contribution in [0.3, 0.4) is 0 Å². The Morgan fingerprint density at radius 1 is 1.25 bits per heavy atom. The van der Waals surface area contributed by atoms with Crippen molar-refractivity contribution in [2.24, 2.45) is 5.92 Å². The molecule has 1 aromatic carbocycles. The van der Waals surface area contributed by atoms with Gasteiger partial charge in [-0.25, -0.2) is 0 Å². The minimum atomic E-state index is -0.0333. The van der Waals surface area contributed by atoms with Crippen molar-refractivity contribution < 1.29 is 9.53 Å². The van der Waals surface area contributed by atoms with Gasteiger partial charge in [-0.05, 0) is 30.5 Å². The fourth-order valence-corrected chi connectivity index (χ4v) is 3.01. The van der Waals surface area contributed by atoms with Gasteiger partial charge in [0.25, 0.3) is 0 Å². The van der Waals surface area contributed by atoms with E-state index in [9.17, 15) is 4.79 Å². The third kappa shape index (κ3) is 2.86. The zero-order valence-electron chi connectivity index (χ0n) is 12.2. The minimum absolute atomic E-state index is 0.0333. The average molecular weight is 274 g/mol. The summed E-state index contributed by atoms with van der Waals surface area (Å²) < 4.78 is 5.56. The Balaban J connectivity index is 1.74. The molecule has 2 aliphatic heterocycles. The van der Waals surface area contributed by atoms with E-state index < -0.39 is 0 Å². The number of fused-ring (bicyclic) bond motifs is 3. The third-order valence-corrected chi connectivity index (χ3v) is 4.29. The summed E-state index contributed by atoms with van der Waals surface area (Å²) in [5.41, 5.74) is 3.98. The highest BCUT2D eigenvalue weighted by Gasteiger charge is 2.32. The Morgan fingerprint density at radius 2 is 2.10 bits per heavy atom. The van der Waals surface area contributed by atoms with E-state index in [4.69, 9.17) is 4.74 Å². The molecule has 2 fully saturated rings. The molecule has 2 saturated heterocycles.